The van der Waals surface area contributed by atoms with E-state index in [0.717, 1.165) is 50.4 Å². The summed E-state index contributed by atoms with van der Waals surface area (Å²) in [4.78, 5) is 66.0. The predicted molar refractivity (Wildman–Crippen MR) is 178 cm³/mol. The maximum absolute atomic E-state index is 13.5. The lowest BCUT2D eigenvalue weighted by molar-refractivity contribution is -0.150. The third-order valence-corrected chi connectivity index (χ3v) is 11.5. The zero-order valence-corrected chi connectivity index (χ0v) is 28.7. The number of oxime groups is 1. The van der Waals surface area contributed by atoms with Gasteiger partial charge in [-0.3, -0.25) is 24.2 Å². The number of aliphatic carboxylic acids is 1. The predicted octanol–water partition coefficient (Wildman–Crippen LogP) is 0.824. The molecule has 4 aliphatic rings. The van der Waals surface area contributed by atoms with Crippen LogP contribution in [0, 0.1) is 0 Å². The number of hydrogen-bond acceptors (Lipinski definition) is 15. The molecule has 17 nitrogen and oxygen atoms in total. The van der Waals surface area contributed by atoms with Gasteiger partial charge in [0, 0.05) is 43.1 Å². The van der Waals surface area contributed by atoms with E-state index in [2.05, 4.69) is 60.1 Å². The summed E-state index contributed by atoms with van der Waals surface area (Å²) < 4.78 is 1.79. The normalized spacial score (nSPS) is 23.9. The van der Waals surface area contributed by atoms with E-state index in [1.54, 1.807) is 10.1 Å². The number of carboxylic acid groups (broad SMARTS) is 1. The highest BCUT2D eigenvalue weighted by Gasteiger charge is 2.54. The monoisotopic (exact) mass is 717 g/mol. The highest BCUT2D eigenvalue weighted by Crippen LogP contribution is 2.41. The van der Waals surface area contributed by atoms with Gasteiger partial charge in [0.1, 0.15) is 35.1 Å². The molecule has 0 saturated carbocycles. The van der Waals surface area contributed by atoms with Crippen LogP contribution in [-0.2, 0) is 24.0 Å². The molecule has 1 aliphatic carbocycles. The number of hydrogen-bond donors (Lipinski definition) is 3. The number of piperazine rings is 1. The third-order valence-electron chi connectivity index (χ3n) is 8.37. The fourth-order valence-electron chi connectivity index (χ4n) is 5.85. The number of β-lactam (4-membered cyclic amide) rings is 1. The number of allylic oxidation sites excluding steroid dienone is 1. The highest BCUT2D eigenvalue weighted by molar-refractivity contribution is 8.01. The van der Waals surface area contributed by atoms with E-state index in [4.69, 9.17) is 4.84 Å². The minimum atomic E-state index is -1.23. The molecule has 0 aromatic carbocycles. The first-order valence-electron chi connectivity index (χ1n) is 15.4. The van der Waals surface area contributed by atoms with Gasteiger partial charge < -0.3 is 25.5 Å². The van der Waals surface area contributed by atoms with Gasteiger partial charge in [-0.15, -0.1) is 28.2 Å². The molecule has 48 heavy (non-hydrogen) atoms. The van der Waals surface area contributed by atoms with Crippen LogP contribution in [0.2, 0.25) is 0 Å². The van der Waals surface area contributed by atoms with E-state index in [9.17, 15) is 24.3 Å². The number of fused-ring (bicyclic) bond motifs is 1. The van der Waals surface area contributed by atoms with Crippen LogP contribution in [0.5, 0.6) is 0 Å². The Morgan fingerprint density at radius 1 is 1.29 bits per heavy atom. The molecule has 20 heteroatoms. The van der Waals surface area contributed by atoms with E-state index in [1.807, 2.05) is 12.2 Å². The molecule has 2 aromatic heterocycles. The quantitative estimate of drug-likeness (QED) is 0.0620. The van der Waals surface area contributed by atoms with Crippen LogP contribution in [0.15, 0.2) is 39.1 Å². The van der Waals surface area contributed by atoms with Crippen molar-refractivity contribution in [2.24, 2.45) is 5.16 Å². The number of anilines is 1. The van der Waals surface area contributed by atoms with Crippen molar-refractivity contribution < 1.29 is 29.1 Å². The first-order valence-corrected chi connectivity index (χ1v) is 18.3. The van der Waals surface area contributed by atoms with Crippen LogP contribution < -0.4 is 10.6 Å². The van der Waals surface area contributed by atoms with Crippen molar-refractivity contribution >= 4 is 69.9 Å². The van der Waals surface area contributed by atoms with Gasteiger partial charge >= 0.3 is 5.97 Å². The first kappa shape index (κ1) is 34.0. The number of thiazole rings is 1. The molecule has 0 bridgehead atoms. The van der Waals surface area contributed by atoms with Gasteiger partial charge in [-0.2, -0.15) is 0 Å². The number of likely N-dealkylation sites (N-methyl/N-ethyl adjacent to an activating group) is 1. The average molecular weight is 718 g/mol. The molecular formula is C28H35N11O6S3. The molecule has 256 valence electrons. The molecule has 2 fully saturated rings. The van der Waals surface area contributed by atoms with Crippen LogP contribution in [0.4, 0.5) is 5.13 Å². The lowest BCUT2D eigenvalue weighted by Crippen LogP contribution is -2.71. The Balaban J connectivity index is 1.14. The molecule has 6 rings (SSSR count). The summed E-state index contributed by atoms with van der Waals surface area (Å²) in [6, 6.07) is -0.991. The van der Waals surface area contributed by atoms with Crippen molar-refractivity contribution in [3.63, 3.8) is 0 Å². The molecule has 2 saturated heterocycles. The second-order valence-electron chi connectivity index (χ2n) is 11.4. The lowest BCUT2D eigenvalue weighted by Gasteiger charge is -2.49. The van der Waals surface area contributed by atoms with E-state index < -0.39 is 29.2 Å². The Labute approximate surface area is 288 Å². The maximum Gasteiger partial charge on any atom is 0.352 e. The van der Waals surface area contributed by atoms with Crippen LogP contribution in [0.1, 0.15) is 38.0 Å². The molecule has 4 atom stereocenters. The standard InChI is InChI=1S/C28H35N11O6S3/c1-3-19(37-10-8-36(2)9-11-37)39-28(32-34-35-39)48-13-16-12-46-25-21(24(42)38(25)22(16)26(43)44)31-23(41)20(33-45-17-6-4-5-7-17)18-14-47-27(30-18)29-15-40/h4,6,14-15,17,19,21,25H,3,5,7-13H2,1-2H3,(H,31,41)(H,43,44)(H,29,30,40)/t17?,19?,21?,25-/m0/s1. The summed E-state index contributed by atoms with van der Waals surface area (Å²) >= 11 is 3.80. The van der Waals surface area contributed by atoms with Crippen molar-refractivity contribution in [1.29, 1.82) is 0 Å². The topological polar surface area (TPSA) is 200 Å². The Bertz CT molecular complexity index is 1640. The molecule has 2 aromatic rings. The number of aromatic nitrogens is 5. The number of rotatable bonds is 14. The number of carboxylic acids is 1. The van der Waals surface area contributed by atoms with Gasteiger partial charge in [-0.05, 0) is 48.4 Å². The van der Waals surface area contributed by atoms with Crippen molar-refractivity contribution in [3.05, 3.63) is 34.5 Å². The lowest BCUT2D eigenvalue weighted by atomic mass is 10.0. The molecule has 3 unspecified atom stereocenters. The summed E-state index contributed by atoms with van der Waals surface area (Å²) in [5.74, 6) is -1.88. The van der Waals surface area contributed by atoms with Gasteiger partial charge in [-0.25, -0.2) is 14.5 Å². The first-order chi connectivity index (χ1) is 23.3. The summed E-state index contributed by atoms with van der Waals surface area (Å²) in [6.07, 6.45) is 6.26. The number of nitrogens with zero attached hydrogens (tertiary/aromatic N) is 9. The van der Waals surface area contributed by atoms with Crippen molar-refractivity contribution in [2.45, 2.75) is 55.0 Å². The molecule has 0 spiro atoms. The van der Waals surface area contributed by atoms with Crippen molar-refractivity contribution in [2.75, 3.05) is 50.0 Å². The fraction of sp³-hybridized carbons (Fsp3) is 0.536. The van der Waals surface area contributed by atoms with Gasteiger partial charge in [0.25, 0.3) is 11.8 Å². The number of carbonyl (C=O) groups excluding carboxylic acids is 3. The zero-order valence-electron chi connectivity index (χ0n) is 26.2. The largest absolute Gasteiger partial charge is 0.477 e. The van der Waals surface area contributed by atoms with E-state index in [-0.39, 0.29) is 40.3 Å². The van der Waals surface area contributed by atoms with Crippen LogP contribution in [-0.4, -0.2) is 137 Å². The molecular weight excluding hydrogens is 683 g/mol. The Morgan fingerprint density at radius 3 is 2.81 bits per heavy atom. The van der Waals surface area contributed by atoms with Crippen LogP contribution in [0.25, 0.3) is 0 Å². The average Bonchev–Trinajstić information content (AvgIpc) is 3.87. The number of thioether (sulfide) groups is 2. The Kier molecular flexibility index (Phi) is 10.7. The minimum Gasteiger partial charge on any atom is -0.477 e. The summed E-state index contributed by atoms with van der Waals surface area (Å²) in [7, 11) is 2.10. The van der Waals surface area contributed by atoms with E-state index in [0.29, 0.717) is 29.3 Å². The number of amides is 3. The number of carbonyl (C=O) groups is 4. The summed E-state index contributed by atoms with van der Waals surface area (Å²) in [5, 5.41) is 33.6. The second-order valence-corrected chi connectivity index (χ2v) is 14.3. The molecule has 3 amide bonds. The molecule has 0 radical (unpaired) electrons. The minimum absolute atomic E-state index is 0.0267. The Morgan fingerprint density at radius 2 is 2.10 bits per heavy atom. The highest BCUT2D eigenvalue weighted by atomic mass is 32.2. The van der Waals surface area contributed by atoms with Gasteiger partial charge in [0.2, 0.25) is 11.6 Å². The molecule has 5 heterocycles. The van der Waals surface area contributed by atoms with Gasteiger partial charge in [0.15, 0.2) is 10.8 Å². The summed E-state index contributed by atoms with van der Waals surface area (Å²) in [5.41, 5.74) is 0.464. The van der Waals surface area contributed by atoms with Crippen LogP contribution >= 0.6 is 34.9 Å². The zero-order chi connectivity index (χ0) is 33.8. The number of nitrogens with one attached hydrogen (secondary N) is 2. The maximum atomic E-state index is 13.5. The van der Waals surface area contributed by atoms with Gasteiger partial charge in [-0.1, -0.05) is 29.9 Å². The van der Waals surface area contributed by atoms with E-state index >= 15 is 0 Å². The second kappa shape index (κ2) is 15.1. The SMILES string of the molecule is CCC(N1CCN(C)CC1)n1nnnc1SCC1=C(C(=O)O)N2C(=O)C(NC(=O)C(=NOC3C=CCC3)c3csc(NC=O)n3)[C@@H]2SC1. The van der Waals surface area contributed by atoms with Crippen LogP contribution in [0.3, 0.4) is 0 Å². The molecule has 3 aliphatic heterocycles. The smallest absolute Gasteiger partial charge is 0.352 e. The molecule has 3 N–H and O–H groups in total. The van der Waals surface area contributed by atoms with Crippen molar-refractivity contribution in [3.8, 4) is 0 Å². The number of tetrazole rings is 1. The van der Waals surface area contributed by atoms with E-state index in [1.165, 1.54) is 28.4 Å². The van der Waals surface area contributed by atoms with Crippen molar-refractivity contribution in [1.82, 2.24) is 45.2 Å². The Hall–Kier alpha value is -3.85. The third kappa shape index (κ3) is 7.12. The van der Waals surface area contributed by atoms with Gasteiger partial charge in [0.05, 0.1) is 0 Å². The summed E-state index contributed by atoms with van der Waals surface area (Å²) in [6.45, 7) is 5.76. The fourth-order valence-corrected chi connectivity index (χ4v) is 8.90.